The fraction of sp³-hybridized carbons (Fsp3) is 0.182. The predicted molar refractivity (Wildman–Crippen MR) is 159 cm³/mol. The number of nitrogens with zero attached hydrogens (tertiary/aromatic N) is 1. The summed E-state index contributed by atoms with van der Waals surface area (Å²) in [4.78, 5) is 43.3. The van der Waals surface area contributed by atoms with Crippen LogP contribution >= 0.6 is 23.2 Å². The number of esters is 1. The molecule has 8 heteroatoms. The summed E-state index contributed by atoms with van der Waals surface area (Å²) in [6.07, 6.45) is 0.630. The molecule has 1 aliphatic rings. The van der Waals surface area contributed by atoms with Crippen molar-refractivity contribution in [2.75, 3.05) is 13.7 Å². The van der Waals surface area contributed by atoms with Crippen molar-refractivity contribution in [3.05, 3.63) is 141 Å². The maximum atomic E-state index is 14.3. The first kappa shape index (κ1) is 28.4. The van der Waals surface area contributed by atoms with Gasteiger partial charge < -0.3 is 15.0 Å². The first-order chi connectivity index (χ1) is 19.9. The fourth-order valence-electron chi connectivity index (χ4n) is 5.43. The van der Waals surface area contributed by atoms with Crippen LogP contribution in [0.3, 0.4) is 0 Å². The van der Waals surface area contributed by atoms with Gasteiger partial charge in [0.15, 0.2) is 6.04 Å². The number of amides is 2. The van der Waals surface area contributed by atoms with Gasteiger partial charge in [0.25, 0.3) is 5.91 Å². The third kappa shape index (κ3) is 5.85. The number of ether oxygens (including phenoxy) is 1. The molecule has 5 rings (SSSR count). The third-order valence-corrected chi connectivity index (χ3v) is 7.88. The Bertz CT molecular complexity index is 1560. The van der Waals surface area contributed by atoms with E-state index in [4.69, 9.17) is 27.9 Å². The average molecular weight is 588 g/mol. The standard InChI is InChI=1S/C33H28Cl2N2O4/c1-41-33(40)29(22-12-6-3-7-13-22)37-30(26-17-16-23(34)20-27(26)35)28(24-14-8-9-15-25(24)32(37)39)31(38)36-19-18-21-10-4-2-5-11-21/h2-17,20,28-30H,18-19H2,1H3,(H,36,38)/t28?,29-,30?/m0/s1. The molecule has 6 nitrogen and oxygen atoms in total. The highest BCUT2D eigenvalue weighted by atomic mass is 35.5. The van der Waals surface area contributed by atoms with Gasteiger partial charge in [-0.25, -0.2) is 4.79 Å². The monoisotopic (exact) mass is 586 g/mol. The van der Waals surface area contributed by atoms with Crippen molar-refractivity contribution in [1.82, 2.24) is 10.2 Å². The Balaban J connectivity index is 1.66. The molecule has 0 aromatic heterocycles. The van der Waals surface area contributed by atoms with E-state index < -0.39 is 29.9 Å². The lowest BCUT2D eigenvalue weighted by atomic mass is 9.77. The first-order valence-electron chi connectivity index (χ1n) is 13.2. The van der Waals surface area contributed by atoms with Crippen LogP contribution < -0.4 is 5.32 Å². The van der Waals surface area contributed by atoms with Gasteiger partial charge in [0, 0.05) is 22.2 Å². The summed E-state index contributed by atoms with van der Waals surface area (Å²) in [5.41, 5.74) is 3.01. The van der Waals surface area contributed by atoms with E-state index in [1.165, 1.54) is 12.0 Å². The highest BCUT2D eigenvalue weighted by Gasteiger charge is 2.49. The second-order valence-electron chi connectivity index (χ2n) is 9.75. The zero-order valence-corrected chi connectivity index (χ0v) is 23.8. The van der Waals surface area contributed by atoms with Gasteiger partial charge in [-0.05, 0) is 46.9 Å². The van der Waals surface area contributed by atoms with E-state index in [9.17, 15) is 14.4 Å². The molecule has 2 unspecified atom stereocenters. The molecule has 1 N–H and O–H groups in total. The quantitative estimate of drug-likeness (QED) is 0.238. The first-order valence-corrected chi connectivity index (χ1v) is 14.0. The van der Waals surface area contributed by atoms with E-state index in [0.29, 0.717) is 40.2 Å². The molecule has 1 aliphatic heterocycles. The summed E-state index contributed by atoms with van der Waals surface area (Å²) in [5.74, 6) is -2.22. The lowest BCUT2D eigenvalue weighted by molar-refractivity contribution is -0.148. The third-order valence-electron chi connectivity index (χ3n) is 7.31. The van der Waals surface area contributed by atoms with Gasteiger partial charge in [-0.1, -0.05) is 108 Å². The van der Waals surface area contributed by atoms with Crippen LogP contribution in [0.1, 0.15) is 50.6 Å². The highest BCUT2D eigenvalue weighted by Crippen LogP contribution is 2.48. The van der Waals surface area contributed by atoms with E-state index in [2.05, 4.69) is 5.32 Å². The van der Waals surface area contributed by atoms with E-state index in [1.807, 2.05) is 36.4 Å². The molecule has 0 radical (unpaired) electrons. The molecule has 0 fully saturated rings. The van der Waals surface area contributed by atoms with Crippen molar-refractivity contribution in [3.63, 3.8) is 0 Å². The zero-order valence-electron chi connectivity index (χ0n) is 22.3. The number of carbonyl (C=O) groups is 3. The van der Waals surface area contributed by atoms with Gasteiger partial charge in [0.2, 0.25) is 5.91 Å². The minimum atomic E-state index is -1.14. The molecule has 0 saturated heterocycles. The number of benzene rings is 4. The normalized spacial score (nSPS) is 17.0. The van der Waals surface area contributed by atoms with Crippen LogP contribution in [0.4, 0.5) is 0 Å². The SMILES string of the molecule is COC(=O)[C@H](c1ccccc1)N1C(=O)c2ccccc2C(C(=O)NCCc2ccccc2)C1c1ccc(Cl)cc1Cl. The van der Waals surface area contributed by atoms with Crippen LogP contribution in [0.15, 0.2) is 103 Å². The Kier molecular flexibility index (Phi) is 8.72. The van der Waals surface area contributed by atoms with Crippen molar-refractivity contribution >= 4 is 41.0 Å². The van der Waals surface area contributed by atoms with E-state index >= 15 is 0 Å². The molecule has 0 saturated carbocycles. The number of halogens is 2. The Labute approximate surface area is 248 Å². The fourth-order valence-corrected chi connectivity index (χ4v) is 5.95. The molecule has 0 aliphatic carbocycles. The topological polar surface area (TPSA) is 75.7 Å². The summed E-state index contributed by atoms with van der Waals surface area (Å²) in [6, 6.07) is 28.6. The van der Waals surface area contributed by atoms with Gasteiger partial charge in [-0.2, -0.15) is 0 Å². The number of carbonyl (C=O) groups excluding carboxylic acids is 3. The van der Waals surface area contributed by atoms with E-state index in [1.54, 1.807) is 66.7 Å². The van der Waals surface area contributed by atoms with E-state index in [-0.39, 0.29) is 10.9 Å². The second-order valence-corrected chi connectivity index (χ2v) is 10.6. The summed E-state index contributed by atoms with van der Waals surface area (Å²) in [7, 11) is 1.28. The van der Waals surface area contributed by atoms with Crippen LogP contribution in [-0.2, 0) is 20.7 Å². The molecule has 4 aromatic carbocycles. The van der Waals surface area contributed by atoms with Crippen LogP contribution in [0.25, 0.3) is 0 Å². The van der Waals surface area contributed by atoms with Crippen molar-refractivity contribution in [2.24, 2.45) is 0 Å². The Morgan fingerprint density at radius 3 is 2.22 bits per heavy atom. The van der Waals surface area contributed by atoms with Crippen molar-refractivity contribution in [2.45, 2.75) is 24.4 Å². The number of hydrogen-bond acceptors (Lipinski definition) is 4. The number of fused-ring (bicyclic) bond motifs is 1. The molecule has 2 amide bonds. The van der Waals surface area contributed by atoms with Gasteiger partial charge >= 0.3 is 5.97 Å². The average Bonchev–Trinajstić information content (AvgIpc) is 2.99. The number of hydrogen-bond donors (Lipinski definition) is 1. The summed E-state index contributed by atoms with van der Waals surface area (Å²) in [6.45, 7) is 0.385. The van der Waals surface area contributed by atoms with Gasteiger partial charge in [0.1, 0.15) is 0 Å². The van der Waals surface area contributed by atoms with Crippen molar-refractivity contribution in [1.29, 1.82) is 0 Å². The molecular formula is C33H28Cl2N2O4. The Morgan fingerprint density at radius 2 is 1.54 bits per heavy atom. The molecular weight excluding hydrogens is 559 g/mol. The molecule has 208 valence electrons. The number of nitrogens with one attached hydrogen (secondary N) is 1. The smallest absolute Gasteiger partial charge is 0.333 e. The van der Waals surface area contributed by atoms with Gasteiger partial charge in [-0.15, -0.1) is 0 Å². The Morgan fingerprint density at radius 1 is 0.878 bits per heavy atom. The minimum absolute atomic E-state index is 0.276. The summed E-state index contributed by atoms with van der Waals surface area (Å²) < 4.78 is 5.21. The van der Waals surface area contributed by atoms with Crippen molar-refractivity contribution in [3.8, 4) is 0 Å². The summed E-state index contributed by atoms with van der Waals surface area (Å²) in [5, 5.41) is 3.75. The minimum Gasteiger partial charge on any atom is -0.467 e. The van der Waals surface area contributed by atoms with Crippen LogP contribution in [0.5, 0.6) is 0 Å². The number of methoxy groups -OCH3 is 1. The predicted octanol–water partition coefficient (Wildman–Crippen LogP) is 6.55. The summed E-state index contributed by atoms with van der Waals surface area (Å²) >= 11 is 13.0. The molecule has 0 spiro atoms. The second kappa shape index (κ2) is 12.6. The molecule has 41 heavy (non-hydrogen) atoms. The number of rotatable bonds is 8. The van der Waals surface area contributed by atoms with E-state index in [0.717, 1.165) is 5.56 Å². The lowest BCUT2D eigenvalue weighted by Crippen LogP contribution is -2.50. The lowest BCUT2D eigenvalue weighted by Gasteiger charge is -2.45. The van der Waals surface area contributed by atoms with Crippen LogP contribution in [-0.4, -0.2) is 36.3 Å². The van der Waals surface area contributed by atoms with Gasteiger partial charge in [0.05, 0.1) is 19.1 Å². The zero-order chi connectivity index (χ0) is 28.9. The maximum Gasteiger partial charge on any atom is 0.333 e. The van der Waals surface area contributed by atoms with Crippen LogP contribution in [0, 0.1) is 0 Å². The van der Waals surface area contributed by atoms with Gasteiger partial charge in [-0.3, -0.25) is 9.59 Å². The highest BCUT2D eigenvalue weighted by molar-refractivity contribution is 6.35. The molecule has 3 atom stereocenters. The van der Waals surface area contributed by atoms with Crippen molar-refractivity contribution < 1.29 is 19.1 Å². The maximum absolute atomic E-state index is 14.3. The Hall–Kier alpha value is -4.13. The largest absolute Gasteiger partial charge is 0.467 e. The van der Waals surface area contributed by atoms with Crippen LogP contribution in [0.2, 0.25) is 10.0 Å². The molecule has 0 bridgehead atoms. The molecule has 4 aromatic rings. The molecule has 1 heterocycles.